The number of nitrogens with zero attached hydrogens (tertiary/aromatic N) is 1. The lowest BCUT2D eigenvalue weighted by Gasteiger charge is -2.33. The summed E-state index contributed by atoms with van der Waals surface area (Å²) in [5, 5.41) is 4.67. The third-order valence-corrected chi connectivity index (χ3v) is 4.33. The molecule has 2 aliphatic heterocycles. The summed E-state index contributed by atoms with van der Waals surface area (Å²) in [6.45, 7) is 10.2. The summed E-state index contributed by atoms with van der Waals surface area (Å²) in [4.78, 5) is 2.39. The fourth-order valence-electron chi connectivity index (χ4n) is 2.81. The van der Waals surface area contributed by atoms with Crippen molar-refractivity contribution in [2.24, 2.45) is 5.92 Å². The predicted molar refractivity (Wildman–Crippen MR) is 90.0 cm³/mol. The Kier molecular flexibility index (Phi) is 5.29. The maximum absolute atomic E-state index is 3.74. The highest BCUT2D eigenvalue weighted by atomic mass is 31.0. The van der Waals surface area contributed by atoms with Gasteiger partial charge in [0, 0.05) is 31.4 Å². The Morgan fingerprint density at radius 3 is 2.75 bits per heavy atom. The third-order valence-electron chi connectivity index (χ3n) is 4.13. The fourth-order valence-corrected chi connectivity index (χ4v) is 2.90. The molecule has 20 heavy (non-hydrogen) atoms. The second-order valence-electron chi connectivity index (χ2n) is 5.67. The Hall–Kier alpha value is -1.23. The van der Waals surface area contributed by atoms with Gasteiger partial charge in [-0.15, -0.1) is 15.0 Å². The number of rotatable bonds is 3. The number of hydrogen-bond acceptors (Lipinski definition) is 2. The van der Waals surface area contributed by atoms with Crippen LogP contribution in [0.3, 0.4) is 0 Å². The molecule has 2 aliphatic rings. The highest BCUT2D eigenvalue weighted by molar-refractivity contribution is 7.22. The summed E-state index contributed by atoms with van der Waals surface area (Å²) in [7, 11) is 2.72. The van der Waals surface area contributed by atoms with Crippen LogP contribution in [0.2, 0.25) is 0 Å². The van der Waals surface area contributed by atoms with E-state index in [4.69, 9.17) is 0 Å². The van der Waals surface area contributed by atoms with E-state index in [-0.39, 0.29) is 0 Å². The van der Waals surface area contributed by atoms with E-state index >= 15 is 0 Å². The molecule has 1 unspecified atom stereocenters. The highest BCUT2D eigenvalue weighted by Gasteiger charge is 2.24. The number of allylic oxidation sites excluding steroid dienone is 5. The van der Waals surface area contributed by atoms with Gasteiger partial charge >= 0.3 is 0 Å². The van der Waals surface area contributed by atoms with Gasteiger partial charge in [0.25, 0.3) is 0 Å². The van der Waals surface area contributed by atoms with Crippen LogP contribution in [-0.4, -0.2) is 18.0 Å². The van der Waals surface area contributed by atoms with Crippen molar-refractivity contribution in [1.29, 1.82) is 0 Å². The zero-order valence-electron chi connectivity index (χ0n) is 12.6. The maximum atomic E-state index is 3.74. The van der Waals surface area contributed by atoms with E-state index in [9.17, 15) is 0 Å². The molecule has 1 fully saturated rings. The van der Waals surface area contributed by atoms with Crippen LogP contribution >= 0.6 is 9.24 Å². The minimum atomic E-state index is 0.725. The zero-order chi connectivity index (χ0) is 14.5. The number of hydrogen-bond donors (Lipinski definition) is 1. The topological polar surface area (TPSA) is 15.3 Å². The molecule has 0 spiro atoms. The minimum Gasteiger partial charge on any atom is -0.369 e. The molecule has 3 heteroatoms. The van der Waals surface area contributed by atoms with Gasteiger partial charge in [-0.2, -0.15) is 0 Å². The lowest BCUT2D eigenvalue weighted by molar-refractivity contribution is 0.245. The molecule has 0 amide bonds. The minimum absolute atomic E-state index is 0.725. The van der Waals surface area contributed by atoms with E-state index < -0.39 is 0 Å². The van der Waals surface area contributed by atoms with E-state index in [1.54, 1.807) is 5.57 Å². The second kappa shape index (κ2) is 6.97. The quantitative estimate of drug-likeness (QED) is 0.625. The Morgan fingerprint density at radius 2 is 2.15 bits per heavy atom. The molecule has 0 aromatic carbocycles. The molecule has 1 atom stereocenters. The van der Waals surface area contributed by atoms with Gasteiger partial charge in [-0.05, 0) is 44.3 Å². The van der Waals surface area contributed by atoms with Crippen LogP contribution in [0.4, 0.5) is 0 Å². The van der Waals surface area contributed by atoms with E-state index in [0.717, 1.165) is 25.4 Å². The van der Waals surface area contributed by atoms with Gasteiger partial charge in [0.2, 0.25) is 0 Å². The number of piperidine rings is 1. The smallest absolute Gasteiger partial charge is 0.0526 e. The summed E-state index contributed by atoms with van der Waals surface area (Å²) < 4.78 is 0. The predicted octanol–water partition coefficient (Wildman–Crippen LogP) is 3.93. The van der Waals surface area contributed by atoms with Crippen molar-refractivity contribution in [2.45, 2.75) is 33.1 Å². The number of likely N-dealkylation sites (tertiary alicyclic amines) is 1. The van der Waals surface area contributed by atoms with Crippen molar-refractivity contribution in [2.75, 3.05) is 13.1 Å². The molecule has 2 heterocycles. The second-order valence-corrected chi connectivity index (χ2v) is 6.58. The van der Waals surface area contributed by atoms with Crippen LogP contribution in [0, 0.1) is 5.92 Å². The Balaban J connectivity index is 1.88. The van der Waals surface area contributed by atoms with Crippen LogP contribution in [-0.2, 0) is 0 Å². The molecule has 0 bridgehead atoms. The zero-order valence-corrected chi connectivity index (χ0v) is 13.7. The molecule has 108 valence electrons. The lowest BCUT2D eigenvalue weighted by Crippen LogP contribution is -2.32. The summed E-state index contributed by atoms with van der Waals surface area (Å²) >= 11 is 0. The molecule has 1 saturated heterocycles. The van der Waals surface area contributed by atoms with Crippen molar-refractivity contribution in [3.8, 4) is 0 Å². The van der Waals surface area contributed by atoms with Crippen molar-refractivity contribution < 1.29 is 0 Å². The molecule has 2 rings (SSSR count). The average Bonchev–Trinajstić information content (AvgIpc) is 2.93. The molecule has 0 radical (unpaired) electrons. The molecular weight excluding hydrogens is 263 g/mol. The van der Waals surface area contributed by atoms with Gasteiger partial charge in [-0.1, -0.05) is 18.0 Å². The van der Waals surface area contributed by atoms with E-state index in [1.165, 1.54) is 29.5 Å². The standard InChI is InChI=1S/C17H25N2P/c1-4-13(2)19-9-7-15(8-10-19)16-11-17(18-12-16)6-5-14(3)20/h5-6,12,15,18H,1,7-11,20H2,2-3H3/b14-5-,17-6+. The summed E-state index contributed by atoms with van der Waals surface area (Å²) in [6.07, 6.45) is 10.1. The van der Waals surface area contributed by atoms with Crippen molar-refractivity contribution in [3.63, 3.8) is 0 Å². The molecule has 0 aromatic heterocycles. The Labute approximate surface area is 125 Å². The first kappa shape index (κ1) is 15.2. The molecule has 0 aliphatic carbocycles. The van der Waals surface area contributed by atoms with Gasteiger partial charge in [0.1, 0.15) is 0 Å². The molecular formula is C17H25N2P. The van der Waals surface area contributed by atoms with Crippen LogP contribution in [0.5, 0.6) is 0 Å². The summed E-state index contributed by atoms with van der Waals surface area (Å²) in [5.74, 6) is 0.725. The molecule has 1 N–H and O–H groups in total. The number of nitrogens with one attached hydrogen (secondary N) is 1. The highest BCUT2D eigenvalue weighted by Crippen LogP contribution is 2.31. The van der Waals surface area contributed by atoms with Gasteiger partial charge in [0.05, 0.1) is 5.70 Å². The Bertz CT molecular complexity index is 495. The van der Waals surface area contributed by atoms with Crippen LogP contribution < -0.4 is 5.32 Å². The fraction of sp³-hybridized carbons (Fsp3) is 0.471. The third kappa shape index (κ3) is 3.88. The average molecular weight is 288 g/mol. The van der Waals surface area contributed by atoms with Crippen molar-refractivity contribution >= 4 is 9.24 Å². The largest absolute Gasteiger partial charge is 0.369 e. The van der Waals surface area contributed by atoms with Gasteiger partial charge in [-0.3, -0.25) is 0 Å². The first-order chi connectivity index (χ1) is 9.60. The first-order valence-electron chi connectivity index (χ1n) is 7.30. The normalized spacial score (nSPS) is 22.6. The summed E-state index contributed by atoms with van der Waals surface area (Å²) in [5.41, 5.74) is 7.06. The lowest BCUT2D eigenvalue weighted by atomic mass is 9.88. The molecule has 0 aromatic rings. The van der Waals surface area contributed by atoms with Crippen molar-refractivity contribution in [1.82, 2.24) is 10.2 Å². The van der Waals surface area contributed by atoms with Gasteiger partial charge < -0.3 is 10.2 Å². The van der Waals surface area contributed by atoms with Crippen molar-refractivity contribution in [3.05, 3.63) is 52.9 Å². The van der Waals surface area contributed by atoms with Gasteiger partial charge in [0.15, 0.2) is 0 Å². The van der Waals surface area contributed by atoms with Crippen LogP contribution in [0.15, 0.2) is 52.9 Å². The Morgan fingerprint density at radius 1 is 1.45 bits per heavy atom. The first-order valence-corrected chi connectivity index (χ1v) is 7.88. The van der Waals surface area contributed by atoms with E-state index in [2.05, 4.69) is 64.0 Å². The van der Waals surface area contributed by atoms with Crippen LogP contribution in [0.1, 0.15) is 33.1 Å². The monoisotopic (exact) mass is 288 g/mol. The molecule has 0 saturated carbocycles. The molecule has 2 nitrogen and oxygen atoms in total. The van der Waals surface area contributed by atoms with E-state index in [0.29, 0.717) is 0 Å². The van der Waals surface area contributed by atoms with Gasteiger partial charge in [-0.25, -0.2) is 0 Å². The maximum Gasteiger partial charge on any atom is 0.0526 e. The summed E-state index contributed by atoms with van der Waals surface area (Å²) in [6, 6.07) is 0. The van der Waals surface area contributed by atoms with E-state index in [1.807, 2.05) is 0 Å². The SMILES string of the molecule is C=C=C(C)N1CCC(C2=CN/C(=C/C=C(/C)P)C2)CC1. The van der Waals surface area contributed by atoms with Crippen LogP contribution in [0.25, 0.3) is 0 Å².